The maximum Gasteiger partial charge on any atom is 0.306 e. The fraction of sp³-hybridized carbons (Fsp3) is 0.825. The molecule has 0 aliphatic carbocycles. The molecule has 0 saturated carbocycles. The molecule has 1 atom stereocenters. The van der Waals surface area contributed by atoms with Crippen molar-refractivity contribution < 1.29 is 28.6 Å². The number of hydrogen-bond donors (Lipinski definition) is 0. The van der Waals surface area contributed by atoms with Gasteiger partial charge in [-0.1, -0.05) is 268 Å². The van der Waals surface area contributed by atoms with Gasteiger partial charge in [0.1, 0.15) is 13.2 Å². The van der Waals surface area contributed by atoms with Gasteiger partial charge in [0.2, 0.25) is 0 Å². The van der Waals surface area contributed by atoms with Gasteiger partial charge in [-0.3, -0.25) is 14.4 Å². The van der Waals surface area contributed by atoms with Gasteiger partial charge in [-0.15, -0.1) is 0 Å². The number of allylic oxidation sites excluding steroid dienone is 8. The summed E-state index contributed by atoms with van der Waals surface area (Å²) in [6, 6.07) is 0. The molecular weight excluding hydrogens is 853 g/mol. The minimum atomic E-state index is -0.781. The van der Waals surface area contributed by atoms with E-state index >= 15 is 0 Å². The van der Waals surface area contributed by atoms with Crippen LogP contribution in [0.3, 0.4) is 0 Å². The summed E-state index contributed by atoms with van der Waals surface area (Å²) in [6.45, 7) is 6.55. The Labute approximate surface area is 428 Å². The Morgan fingerprint density at radius 2 is 0.565 bits per heavy atom. The van der Waals surface area contributed by atoms with E-state index in [4.69, 9.17) is 14.2 Å². The number of hydrogen-bond acceptors (Lipinski definition) is 6. The van der Waals surface area contributed by atoms with Crippen molar-refractivity contribution in [1.29, 1.82) is 0 Å². The van der Waals surface area contributed by atoms with Crippen molar-refractivity contribution >= 4 is 17.9 Å². The largest absolute Gasteiger partial charge is 0.462 e. The zero-order chi connectivity index (χ0) is 50.0. The first-order valence-electron chi connectivity index (χ1n) is 30.1. The Kier molecular flexibility index (Phi) is 55.7. The quantitative estimate of drug-likeness (QED) is 0.0262. The fourth-order valence-electron chi connectivity index (χ4n) is 8.81. The van der Waals surface area contributed by atoms with Gasteiger partial charge in [-0.05, 0) is 77.0 Å². The van der Waals surface area contributed by atoms with Gasteiger partial charge in [0.15, 0.2) is 6.10 Å². The first-order valence-corrected chi connectivity index (χ1v) is 30.1. The molecule has 69 heavy (non-hydrogen) atoms. The van der Waals surface area contributed by atoms with Crippen LogP contribution >= 0.6 is 0 Å². The van der Waals surface area contributed by atoms with E-state index in [1.165, 1.54) is 180 Å². The lowest BCUT2D eigenvalue weighted by molar-refractivity contribution is -0.167. The molecule has 402 valence electrons. The van der Waals surface area contributed by atoms with Crippen LogP contribution in [-0.2, 0) is 28.6 Å². The first-order chi connectivity index (χ1) is 34.0. The summed E-state index contributed by atoms with van der Waals surface area (Å²) in [7, 11) is 0. The van der Waals surface area contributed by atoms with E-state index in [1.807, 2.05) is 0 Å². The topological polar surface area (TPSA) is 78.9 Å². The highest BCUT2D eigenvalue weighted by Gasteiger charge is 2.19. The predicted molar refractivity (Wildman–Crippen MR) is 298 cm³/mol. The molecule has 0 amide bonds. The van der Waals surface area contributed by atoms with Crippen LogP contribution in [-0.4, -0.2) is 37.2 Å². The second-order valence-electron chi connectivity index (χ2n) is 20.2. The monoisotopic (exact) mass is 967 g/mol. The van der Waals surface area contributed by atoms with Gasteiger partial charge in [-0.2, -0.15) is 0 Å². The lowest BCUT2D eigenvalue weighted by Gasteiger charge is -2.18. The number of ether oxygens (including phenoxy) is 3. The second kappa shape index (κ2) is 57.9. The van der Waals surface area contributed by atoms with Crippen LogP contribution < -0.4 is 0 Å². The molecule has 0 spiro atoms. The minimum Gasteiger partial charge on any atom is -0.462 e. The molecule has 6 heteroatoms. The van der Waals surface area contributed by atoms with Gasteiger partial charge in [0.05, 0.1) is 0 Å². The highest BCUT2D eigenvalue weighted by Crippen LogP contribution is 2.17. The van der Waals surface area contributed by atoms with Crippen LogP contribution in [0.2, 0.25) is 0 Å². The number of carbonyl (C=O) groups is 3. The Balaban J connectivity index is 4.35. The third-order valence-electron chi connectivity index (χ3n) is 13.3. The number of unbranched alkanes of at least 4 members (excludes halogenated alkanes) is 36. The standard InChI is InChI=1S/C63H114O6/c1-4-7-10-13-16-19-22-25-28-30-31-33-36-38-41-44-47-50-53-56-62(65)68-59-60(69-63(66)57-54-51-48-45-42-39-34-27-24-21-18-15-12-9-6-3)58-67-61(64)55-52-49-46-43-40-37-35-32-29-26-23-20-17-14-11-8-5-2/h9,12,18,21,25,27-28,34,60H,4-8,10-11,13-17,19-20,22-24,26,29-33,35-59H2,1-3H3/b12-9-,21-18-,28-25-,34-27-/t60-/m0/s1. The van der Waals surface area contributed by atoms with E-state index in [2.05, 4.69) is 69.4 Å². The molecule has 0 aromatic carbocycles. The van der Waals surface area contributed by atoms with E-state index in [0.29, 0.717) is 19.3 Å². The third-order valence-corrected chi connectivity index (χ3v) is 13.3. The summed E-state index contributed by atoms with van der Waals surface area (Å²) < 4.78 is 16.9. The van der Waals surface area contributed by atoms with Crippen molar-refractivity contribution in [2.75, 3.05) is 13.2 Å². The van der Waals surface area contributed by atoms with E-state index in [1.54, 1.807) is 0 Å². The maximum atomic E-state index is 12.9. The molecule has 0 aliphatic heterocycles. The molecule has 0 rings (SSSR count). The SMILES string of the molecule is CC/C=C\C/C=C\C/C=C\CCCCCCCC(=O)O[C@H](COC(=O)CCCCCCCCCCC/C=C\CCCCCCCC)COC(=O)CCCCCCCCCCCCCCCCCCC. The average Bonchev–Trinajstić information content (AvgIpc) is 3.35. The smallest absolute Gasteiger partial charge is 0.306 e. The second-order valence-corrected chi connectivity index (χ2v) is 20.2. The molecule has 0 aromatic rings. The van der Waals surface area contributed by atoms with Crippen molar-refractivity contribution in [3.8, 4) is 0 Å². The zero-order valence-electron chi connectivity index (χ0n) is 46.1. The number of rotatable bonds is 55. The fourth-order valence-corrected chi connectivity index (χ4v) is 8.81. The number of esters is 3. The first kappa shape index (κ1) is 66.4. The Morgan fingerprint density at radius 3 is 0.899 bits per heavy atom. The van der Waals surface area contributed by atoms with Gasteiger partial charge >= 0.3 is 17.9 Å². The van der Waals surface area contributed by atoms with Crippen molar-refractivity contribution in [3.05, 3.63) is 48.6 Å². The van der Waals surface area contributed by atoms with Crippen molar-refractivity contribution in [3.63, 3.8) is 0 Å². The predicted octanol–water partition coefficient (Wildman–Crippen LogP) is 20.2. The molecule has 0 saturated heterocycles. The molecule has 6 nitrogen and oxygen atoms in total. The van der Waals surface area contributed by atoms with Crippen molar-refractivity contribution in [2.45, 2.75) is 322 Å². The molecule has 0 unspecified atom stereocenters. The highest BCUT2D eigenvalue weighted by molar-refractivity contribution is 5.71. The zero-order valence-corrected chi connectivity index (χ0v) is 46.1. The van der Waals surface area contributed by atoms with E-state index < -0.39 is 6.10 Å². The van der Waals surface area contributed by atoms with Crippen LogP contribution in [0.1, 0.15) is 316 Å². The van der Waals surface area contributed by atoms with Crippen molar-refractivity contribution in [2.24, 2.45) is 0 Å². The van der Waals surface area contributed by atoms with Crippen LogP contribution in [0.5, 0.6) is 0 Å². The van der Waals surface area contributed by atoms with Crippen LogP contribution in [0.15, 0.2) is 48.6 Å². The summed E-state index contributed by atoms with van der Waals surface area (Å²) in [6.07, 6.45) is 71.0. The lowest BCUT2D eigenvalue weighted by atomic mass is 10.0. The highest BCUT2D eigenvalue weighted by atomic mass is 16.6. The van der Waals surface area contributed by atoms with Gasteiger partial charge in [0, 0.05) is 19.3 Å². The molecule has 0 bridgehead atoms. The lowest BCUT2D eigenvalue weighted by Crippen LogP contribution is -2.30. The minimum absolute atomic E-state index is 0.0774. The van der Waals surface area contributed by atoms with E-state index in [-0.39, 0.29) is 31.1 Å². The molecule has 0 fully saturated rings. The summed E-state index contributed by atoms with van der Waals surface area (Å²) >= 11 is 0. The molecule has 0 N–H and O–H groups in total. The summed E-state index contributed by atoms with van der Waals surface area (Å²) in [5.74, 6) is -0.879. The molecular formula is C63H114O6. The number of carbonyl (C=O) groups excluding carboxylic acids is 3. The summed E-state index contributed by atoms with van der Waals surface area (Å²) in [4.78, 5) is 38.2. The molecule has 0 aliphatic rings. The van der Waals surface area contributed by atoms with Gasteiger partial charge < -0.3 is 14.2 Å². The molecule has 0 heterocycles. The normalized spacial score (nSPS) is 12.3. The van der Waals surface area contributed by atoms with Crippen LogP contribution in [0.25, 0.3) is 0 Å². The van der Waals surface area contributed by atoms with Crippen LogP contribution in [0, 0.1) is 0 Å². The van der Waals surface area contributed by atoms with E-state index in [9.17, 15) is 14.4 Å². The molecule has 0 radical (unpaired) electrons. The Hall–Kier alpha value is -2.63. The summed E-state index contributed by atoms with van der Waals surface area (Å²) in [5.41, 5.74) is 0. The Morgan fingerprint density at radius 1 is 0.304 bits per heavy atom. The van der Waals surface area contributed by atoms with E-state index in [0.717, 1.165) is 96.3 Å². The van der Waals surface area contributed by atoms with Gasteiger partial charge in [-0.25, -0.2) is 0 Å². The molecule has 0 aromatic heterocycles. The Bertz CT molecular complexity index is 1200. The third kappa shape index (κ3) is 56.2. The van der Waals surface area contributed by atoms with Crippen molar-refractivity contribution in [1.82, 2.24) is 0 Å². The maximum absolute atomic E-state index is 12.9. The summed E-state index contributed by atoms with van der Waals surface area (Å²) in [5, 5.41) is 0. The average molecular weight is 968 g/mol. The van der Waals surface area contributed by atoms with Gasteiger partial charge in [0.25, 0.3) is 0 Å². The van der Waals surface area contributed by atoms with Crippen LogP contribution in [0.4, 0.5) is 0 Å².